The number of benzene rings is 5. The van der Waals surface area contributed by atoms with E-state index in [0.29, 0.717) is 22.9 Å². The number of halogens is 5. The molecule has 3 atom stereocenters. The van der Waals surface area contributed by atoms with Crippen LogP contribution in [0.4, 0.5) is 22.0 Å². The summed E-state index contributed by atoms with van der Waals surface area (Å²) in [6.07, 6.45) is -0.743. The maximum atomic E-state index is 14.1. The van der Waals surface area contributed by atoms with Crippen molar-refractivity contribution in [2.75, 3.05) is 5.75 Å². The third-order valence-corrected chi connectivity index (χ3v) is 9.84. The molecule has 1 aromatic heterocycles. The number of ether oxygens (including phenoxy) is 2. The molecule has 2 heterocycles. The van der Waals surface area contributed by atoms with Crippen LogP contribution < -0.4 is 5.32 Å². The SMILES string of the molecule is O=C(NCc1cccc(-c2ccc(C3OC(CSc4nnnn4-c4ccccc4)CC(c4ccc(CO)cc4)O3)cc2)c1)c1c(F)c(F)c(F)c(F)c1F. The number of carbonyl (C=O) groups is 1. The molecule has 1 saturated heterocycles. The first kappa shape index (κ1) is 36.9. The molecular formula is C39H30F5N5O4S. The molecule has 5 aromatic carbocycles. The minimum atomic E-state index is -2.34. The minimum absolute atomic E-state index is 0.0742. The van der Waals surface area contributed by atoms with Gasteiger partial charge >= 0.3 is 0 Å². The molecule has 0 radical (unpaired) electrons. The fraction of sp³-hybridized carbons (Fsp3) is 0.179. The van der Waals surface area contributed by atoms with E-state index in [4.69, 9.17) is 9.47 Å². The Bertz CT molecular complexity index is 2230. The molecule has 54 heavy (non-hydrogen) atoms. The minimum Gasteiger partial charge on any atom is -0.392 e. The second kappa shape index (κ2) is 16.3. The number of aromatic nitrogens is 4. The lowest BCUT2D eigenvalue weighted by Gasteiger charge is -2.36. The van der Waals surface area contributed by atoms with Crippen molar-refractivity contribution < 1.29 is 41.3 Å². The van der Waals surface area contributed by atoms with E-state index in [1.807, 2.05) is 84.9 Å². The molecule has 1 fully saturated rings. The Morgan fingerprint density at radius 1 is 0.778 bits per heavy atom. The lowest BCUT2D eigenvalue weighted by Crippen LogP contribution is -2.31. The normalized spacial score (nSPS) is 17.0. The lowest BCUT2D eigenvalue weighted by molar-refractivity contribution is -0.245. The van der Waals surface area contributed by atoms with Crippen LogP contribution in [0.2, 0.25) is 0 Å². The molecule has 15 heteroatoms. The van der Waals surface area contributed by atoms with E-state index in [9.17, 15) is 31.9 Å². The summed E-state index contributed by atoms with van der Waals surface area (Å²) < 4.78 is 83.6. The van der Waals surface area contributed by atoms with E-state index in [1.165, 1.54) is 11.8 Å². The molecule has 3 unspecified atom stereocenters. The van der Waals surface area contributed by atoms with E-state index in [0.717, 1.165) is 33.5 Å². The lowest BCUT2D eigenvalue weighted by atomic mass is 9.99. The maximum absolute atomic E-state index is 14.1. The summed E-state index contributed by atoms with van der Waals surface area (Å²) in [6, 6.07) is 31.5. The van der Waals surface area contributed by atoms with Crippen LogP contribution in [-0.4, -0.2) is 43.1 Å². The van der Waals surface area contributed by atoms with Gasteiger partial charge in [0, 0.05) is 24.3 Å². The van der Waals surface area contributed by atoms with Crippen LogP contribution in [0.3, 0.4) is 0 Å². The van der Waals surface area contributed by atoms with Crippen molar-refractivity contribution in [2.45, 2.75) is 43.2 Å². The zero-order chi connectivity index (χ0) is 37.8. The van der Waals surface area contributed by atoms with Gasteiger partial charge in [0.15, 0.2) is 29.6 Å². The van der Waals surface area contributed by atoms with Crippen molar-refractivity contribution in [3.8, 4) is 16.8 Å². The molecule has 0 bridgehead atoms. The highest BCUT2D eigenvalue weighted by atomic mass is 32.2. The van der Waals surface area contributed by atoms with Crippen LogP contribution in [0.5, 0.6) is 0 Å². The molecule has 6 aromatic rings. The van der Waals surface area contributed by atoms with E-state index >= 15 is 0 Å². The highest BCUT2D eigenvalue weighted by Gasteiger charge is 2.33. The Morgan fingerprint density at radius 2 is 1.46 bits per heavy atom. The summed E-state index contributed by atoms with van der Waals surface area (Å²) in [6.45, 7) is -0.318. The van der Waals surface area contributed by atoms with Crippen molar-refractivity contribution in [3.63, 3.8) is 0 Å². The largest absolute Gasteiger partial charge is 0.392 e. The van der Waals surface area contributed by atoms with Crippen LogP contribution in [0, 0.1) is 29.1 Å². The molecule has 1 aliphatic rings. The Hall–Kier alpha value is -5.48. The molecule has 2 N–H and O–H groups in total. The smallest absolute Gasteiger partial charge is 0.257 e. The van der Waals surface area contributed by atoms with Gasteiger partial charge in [0.1, 0.15) is 5.56 Å². The van der Waals surface area contributed by atoms with Crippen molar-refractivity contribution in [3.05, 3.63) is 160 Å². The molecule has 0 spiro atoms. The van der Waals surface area contributed by atoms with E-state index < -0.39 is 46.8 Å². The van der Waals surface area contributed by atoms with Crippen LogP contribution in [0.1, 0.15) is 51.4 Å². The molecule has 7 rings (SSSR count). The summed E-state index contributed by atoms with van der Waals surface area (Å²) in [5.74, 6) is -12.1. The Morgan fingerprint density at radius 3 is 2.17 bits per heavy atom. The number of carbonyl (C=O) groups excluding carboxylic acids is 1. The number of aliphatic hydroxyl groups excluding tert-OH is 1. The molecule has 0 saturated carbocycles. The number of hydrogen-bond acceptors (Lipinski definition) is 8. The molecule has 1 amide bonds. The van der Waals surface area contributed by atoms with Gasteiger partial charge in [-0.1, -0.05) is 96.7 Å². The summed E-state index contributed by atoms with van der Waals surface area (Å²) >= 11 is 1.47. The van der Waals surface area contributed by atoms with Gasteiger partial charge in [-0.3, -0.25) is 4.79 Å². The van der Waals surface area contributed by atoms with Gasteiger partial charge in [0.2, 0.25) is 11.0 Å². The van der Waals surface area contributed by atoms with Crippen LogP contribution in [0.15, 0.2) is 108 Å². The van der Waals surface area contributed by atoms with Gasteiger partial charge in [0.05, 0.1) is 24.5 Å². The number of rotatable bonds is 11. The zero-order valence-corrected chi connectivity index (χ0v) is 29.0. The number of nitrogens with one attached hydrogen (secondary N) is 1. The zero-order valence-electron chi connectivity index (χ0n) is 28.1. The Labute approximate surface area is 309 Å². The van der Waals surface area contributed by atoms with Gasteiger partial charge in [-0.15, -0.1) is 5.10 Å². The first-order valence-electron chi connectivity index (χ1n) is 16.7. The van der Waals surface area contributed by atoms with Crippen molar-refractivity contribution in [2.24, 2.45) is 0 Å². The number of nitrogens with zero attached hydrogens (tertiary/aromatic N) is 4. The van der Waals surface area contributed by atoms with E-state index in [1.54, 1.807) is 22.9 Å². The van der Waals surface area contributed by atoms with Crippen LogP contribution >= 0.6 is 11.8 Å². The molecule has 9 nitrogen and oxygen atoms in total. The molecule has 0 aliphatic carbocycles. The predicted octanol–water partition coefficient (Wildman–Crippen LogP) is 7.78. The Balaban J connectivity index is 1.06. The maximum Gasteiger partial charge on any atom is 0.257 e. The average molecular weight is 760 g/mol. The summed E-state index contributed by atoms with van der Waals surface area (Å²) in [7, 11) is 0. The summed E-state index contributed by atoms with van der Waals surface area (Å²) in [5.41, 5.74) is 3.80. The fourth-order valence-corrected chi connectivity index (χ4v) is 6.87. The second-order valence-corrected chi connectivity index (χ2v) is 13.3. The second-order valence-electron chi connectivity index (χ2n) is 12.3. The molecular weight excluding hydrogens is 730 g/mol. The predicted molar refractivity (Wildman–Crippen MR) is 188 cm³/mol. The third kappa shape index (κ3) is 7.89. The first-order chi connectivity index (χ1) is 26.2. The van der Waals surface area contributed by atoms with Crippen molar-refractivity contribution in [1.82, 2.24) is 25.5 Å². The number of amides is 1. The van der Waals surface area contributed by atoms with Crippen molar-refractivity contribution in [1.29, 1.82) is 0 Å². The summed E-state index contributed by atoms with van der Waals surface area (Å²) in [5, 5.41) is 24.6. The number of aliphatic hydroxyl groups is 1. The Kier molecular flexibility index (Phi) is 11.1. The van der Waals surface area contributed by atoms with Gasteiger partial charge in [0.25, 0.3) is 5.91 Å². The molecule has 276 valence electrons. The highest BCUT2D eigenvalue weighted by molar-refractivity contribution is 7.99. The summed E-state index contributed by atoms with van der Waals surface area (Å²) in [4.78, 5) is 12.5. The monoisotopic (exact) mass is 759 g/mol. The third-order valence-electron chi connectivity index (χ3n) is 8.79. The van der Waals surface area contributed by atoms with E-state index in [-0.39, 0.29) is 25.4 Å². The van der Waals surface area contributed by atoms with Crippen LogP contribution in [-0.2, 0) is 22.6 Å². The standard InChI is InChI=1S/C39H30F5N5O4S/c40-32-31(33(41)35(43)36(44)34(32)42)37(51)45-19-23-5-4-6-27(17-23)24-13-15-26(16-14-24)38-52-29(18-30(53-38)25-11-9-22(20-50)10-12-25)21-54-39-46-47-48-49(39)28-7-2-1-3-8-28/h1-17,29-30,38,50H,18-21H2,(H,45,51). The van der Waals surface area contributed by atoms with Crippen LogP contribution in [0.25, 0.3) is 16.8 Å². The number of hydrogen-bond donors (Lipinski definition) is 2. The van der Waals surface area contributed by atoms with Gasteiger partial charge in [-0.25, -0.2) is 22.0 Å². The van der Waals surface area contributed by atoms with Crippen molar-refractivity contribution >= 4 is 17.7 Å². The number of tetrazole rings is 1. The number of thioether (sulfide) groups is 1. The first-order valence-corrected chi connectivity index (χ1v) is 17.6. The van der Waals surface area contributed by atoms with Gasteiger partial charge in [-0.2, -0.15) is 4.68 Å². The van der Waals surface area contributed by atoms with Gasteiger partial charge < -0.3 is 19.9 Å². The topological polar surface area (TPSA) is 111 Å². The average Bonchev–Trinajstić information content (AvgIpc) is 3.70. The number of para-hydroxylation sites is 1. The van der Waals surface area contributed by atoms with E-state index in [2.05, 4.69) is 20.8 Å². The molecule has 1 aliphatic heterocycles. The quantitative estimate of drug-likeness (QED) is 0.0597. The fourth-order valence-electron chi connectivity index (χ4n) is 5.96. The highest BCUT2D eigenvalue weighted by Crippen LogP contribution is 2.40. The van der Waals surface area contributed by atoms with Gasteiger partial charge in [-0.05, 0) is 56.4 Å².